The standard InChI is InChI=1S/C9H6N2OS2/c12-8-7(14-9(13)11-8)5-6-3-1-2-4-10-6/h1-5H,(H,11,12,13)/b7-5+. The molecule has 0 spiro atoms. The monoisotopic (exact) mass is 222 g/mol. The zero-order chi connectivity index (χ0) is 9.97. The van der Waals surface area contributed by atoms with Gasteiger partial charge in [-0.2, -0.15) is 0 Å². The molecule has 1 aliphatic heterocycles. The first kappa shape index (κ1) is 9.36. The van der Waals surface area contributed by atoms with Crippen molar-refractivity contribution in [1.29, 1.82) is 0 Å². The van der Waals surface area contributed by atoms with Crippen LogP contribution in [0, 0.1) is 0 Å². The first-order chi connectivity index (χ1) is 6.75. The van der Waals surface area contributed by atoms with Gasteiger partial charge < -0.3 is 5.32 Å². The Balaban J connectivity index is 2.28. The molecule has 0 aliphatic carbocycles. The molecule has 3 nitrogen and oxygen atoms in total. The van der Waals surface area contributed by atoms with Crippen LogP contribution in [0.4, 0.5) is 0 Å². The summed E-state index contributed by atoms with van der Waals surface area (Å²) in [7, 11) is 0. The Morgan fingerprint density at radius 1 is 1.50 bits per heavy atom. The van der Waals surface area contributed by atoms with Crippen molar-refractivity contribution in [2.75, 3.05) is 0 Å². The van der Waals surface area contributed by atoms with Crippen LogP contribution in [-0.2, 0) is 4.79 Å². The van der Waals surface area contributed by atoms with E-state index in [1.807, 2.05) is 18.2 Å². The summed E-state index contributed by atoms with van der Waals surface area (Å²) in [5.74, 6) is -0.148. The second kappa shape index (κ2) is 3.89. The molecule has 2 heterocycles. The molecule has 1 amide bonds. The van der Waals surface area contributed by atoms with Crippen molar-refractivity contribution in [2.45, 2.75) is 0 Å². The number of rotatable bonds is 1. The minimum Gasteiger partial charge on any atom is -0.307 e. The molecule has 0 atom stereocenters. The van der Waals surface area contributed by atoms with Crippen LogP contribution < -0.4 is 5.32 Å². The molecule has 0 radical (unpaired) electrons. The minimum absolute atomic E-state index is 0.148. The molecule has 2 rings (SSSR count). The fourth-order valence-corrected chi connectivity index (χ4v) is 2.05. The van der Waals surface area contributed by atoms with Crippen LogP contribution in [0.1, 0.15) is 5.69 Å². The molecule has 1 aromatic rings. The number of carbonyl (C=O) groups excluding carboxylic acids is 1. The SMILES string of the molecule is O=C1NC(=S)S/C1=C/c1ccccn1. The van der Waals surface area contributed by atoms with E-state index in [9.17, 15) is 4.79 Å². The smallest absolute Gasteiger partial charge is 0.263 e. The Morgan fingerprint density at radius 3 is 2.93 bits per heavy atom. The van der Waals surface area contributed by atoms with Crippen molar-refractivity contribution < 1.29 is 4.79 Å². The number of pyridine rings is 1. The molecule has 0 aromatic carbocycles. The van der Waals surface area contributed by atoms with E-state index in [0.717, 1.165) is 5.69 Å². The average molecular weight is 222 g/mol. The largest absolute Gasteiger partial charge is 0.307 e. The van der Waals surface area contributed by atoms with Gasteiger partial charge in [0.2, 0.25) is 0 Å². The third kappa shape index (κ3) is 2.00. The summed E-state index contributed by atoms with van der Waals surface area (Å²) in [6.45, 7) is 0. The van der Waals surface area contributed by atoms with Gasteiger partial charge in [-0.3, -0.25) is 9.78 Å². The summed E-state index contributed by atoms with van der Waals surface area (Å²) in [5.41, 5.74) is 0.759. The van der Waals surface area contributed by atoms with Gasteiger partial charge >= 0.3 is 0 Å². The zero-order valence-corrected chi connectivity index (χ0v) is 8.69. The van der Waals surface area contributed by atoms with Crippen LogP contribution >= 0.6 is 24.0 Å². The Bertz CT molecular complexity index is 414. The van der Waals surface area contributed by atoms with Gasteiger partial charge in [0.15, 0.2) is 0 Å². The number of thiocarbonyl (C=S) groups is 1. The third-order valence-electron chi connectivity index (χ3n) is 1.61. The van der Waals surface area contributed by atoms with Gasteiger partial charge in [0, 0.05) is 6.20 Å². The van der Waals surface area contributed by atoms with Crippen LogP contribution in [0.3, 0.4) is 0 Å². The maximum Gasteiger partial charge on any atom is 0.263 e. The zero-order valence-electron chi connectivity index (χ0n) is 7.06. The number of nitrogens with one attached hydrogen (secondary N) is 1. The Kier molecular flexibility index (Phi) is 2.60. The highest BCUT2D eigenvalue weighted by Crippen LogP contribution is 2.24. The van der Waals surface area contributed by atoms with Crippen molar-refractivity contribution in [2.24, 2.45) is 0 Å². The molecular weight excluding hydrogens is 216 g/mol. The Hall–Kier alpha value is -1.20. The van der Waals surface area contributed by atoms with Gasteiger partial charge in [0.05, 0.1) is 10.6 Å². The summed E-state index contributed by atoms with van der Waals surface area (Å²) >= 11 is 6.12. The number of hydrogen-bond acceptors (Lipinski definition) is 4. The summed E-state index contributed by atoms with van der Waals surface area (Å²) in [6, 6.07) is 5.53. The molecule has 1 N–H and O–H groups in total. The number of amides is 1. The highest BCUT2D eigenvalue weighted by atomic mass is 32.2. The molecule has 0 unspecified atom stereocenters. The van der Waals surface area contributed by atoms with E-state index < -0.39 is 0 Å². The maximum absolute atomic E-state index is 11.3. The fourth-order valence-electron chi connectivity index (χ4n) is 1.02. The predicted molar refractivity (Wildman–Crippen MR) is 60.5 cm³/mol. The van der Waals surface area contributed by atoms with Gasteiger partial charge in [0.25, 0.3) is 5.91 Å². The summed E-state index contributed by atoms with van der Waals surface area (Å²) in [6.07, 6.45) is 3.40. The van der Waals surface area contributed by atoms with E-state index in [4.69, 9.17) is 12.2 Å². The van der Waals surface area contributed by atoms with Gasteiger partial charge in [-0.25, -0.2) is 0 Å². The molecule has 0 saturated carbocycles. The molecule has 1 fully saturated rings. The van der Waals surface area contributed by atoms with E-state index in [2.05, 4.69) is 10.3 Å². The van der Waals surface area contributed by atoms with Crippen LogP contribution in [0.2, 0.25) is 0 Å². The molecule has 0 bridgehead atoms. The van der Waals surface area contributed by atoms with Gasteiger partial charge in [0.1, 0.15) is 4.32 Å². The van der Waals surface area contributed by atoms with Gasteiger partial charge in [-0.05, 0) is 18.2 Å². The number of aromatic nitrogens is 1. The molecule has 1 saturated heterocycles. The highest BCUT2D eigenvalue weighted by molar-refractivity contribution is 8.26. The number of nitrogens with zero attached hydrogens (tertiary/aromatic N) is 1. The topological polar surface area (TPSA) is 42.0 Å². The first-order valence-electron chi connectivity index (χ1n) is 3.91. The lowest BCUT2D eigenvalue weighted by molar-refractivity contribution is -0.115. The van der Waals surface area contributed by atoms with E-state index in [1.54, 1.807) is 12.3 Å². The van der Waals surface area contributed by atoms with E-state index in [-0.39, 0.29) is 5.91 Å². The van der Waals surface area contributed by atoms with Crippen LogP contribution in [0.15, 0.2) is 29.3 Å². The molecule has 70 valence electrons. The van der Waals surface area contributed by atoms with Crippen molar-refractivity contribution >= 4 is 40.3 Å². The van der Waals surface area contributed by atoms with Gasteiger partial charge in [-0.15, -0.1) is 0 Å². The normalized spacial score (nSPS) is 18.7. The van der Waals surface area contributed by atoms with Gasteiger partial charge in [-0.1, -0.05) is 30.0 Å². The van der Waals surface area contributed by atoms with E-state index in [1.165, 1.54) is 11.8 Å². The lowest BCUT2D eigenvalue weighted by Gasteiger charge is -1.92. The summed E-state index contributed by atoms with van der Waals surface area (Å²) < 4.78 is 0.497. The number of carbonyl (C=O) groups is 1. The van der Waals surface area contributed by atoms with Crippen LogP contribution in [-0.4, -0.2) is 15.2 Å². The lowest BCUT2D eigenvalue weighted by atomic mass is 10.3. The summed E-state index contributed by atoms with van der Waals surface area (Å²) in [4.78, 5) is 16.0. The molecule has 5 heteroatoms. The van der Waals surface area contributed by atoms with Crippen LogP contribution in [0.25, 0.3) is 6.08 Å². The maximum atomic E-state index is 11.3. The van der Waals surface area contributed by atoms with Crippen molar-refractivity contribution in [3.63, 3.8) is 0 Å². The average Bonchev–Trinajstić information content (AvgIpc) is 2.47. The molecular formula is C9H6N2OS2. The first-order valence-corrected chi connectivity index (χ1v) is 5.14. The van der Waals surface area contributed by atoms with Crippen molar-refractivity contribution in [3.05, 3.63) is 35.0 Å². The highest BCUT2D eigenvalue weighted by Gasteiger charge is 2.21. The van der Waals surface area contributed by atoms with Crippen molar-refractivity contribution in [3.8, 4) is 0 Å². The Labute approximate surface area is 90.6 Å². The van der Waals surface area contributed by atoms with Crippen LogP contribution in [0.5, 0.6) is 0 Å². The number of thioether (sulfide) groups is 1. The quantitative estimate of drug-likeness (QED) is 0.578. The van der Waals surface area contributed by atoms with Crippen molar-refractivity contribution in [1.82, 2.24) is 10.3 Å². The molecule has 14 heavy (non-hydrogen) atoms. The second-order valence-electron chi connectivity index (χ2n) is 2.61. The second-order valence-corrected chi connectivity index (χ2v) is 4.33. The molecule has 1 aromatic heterocycles. The number of hydrogen-bond donors (Lipinski definition) is 1. The minimum atomic E-state index is -0.148. The van der Waals surface area contributed by atoms with E-state index >= 15 is 0 Å². The Morgan fingerprint density at radius 2 is 2.36 bits per heavy atom. The fraction of sp³-hybridized carbons (Fsp3) is 0. The predicted octanol–water partition coefficient (Wildman–Crippen LogP) is 1.57. The lowest BCUT2D eigenvalue weighted by Crippen LogP contribution is -2.17. The third-order valence-corrected chi connectivity index (χ3v) is 2.77. The van der Waals surface area contributed by atoms with E-state index in [0.29, 0.717) is 9.23 Å². The summed E-state index contributed by atoms with van der Waals surface area (Å²) in [5, 5.41) is 2.55. The molecule has 1 aliphatic rings.